The summed E-state index contributed by atoms with van der Waals surface area (Å²) in [4.78, 5) is 19.8. The normalized spacial score (nSPS) is 24.8. The summed E-state index contributed by atoms with van der Waals surface area (Å²) in [6, 6.07) is 0. The molecule has 1 aliphatic heterocycles. The Labute approximate surface area is 199 Å². The molecule has 0 atom stereocenters. The second-order valence-corrected chi connectivity index (χ2v) is 11.7. The Balaban J connectivity index is 1.40. The van der Waals surface area contributed by atoms with Gasteiger partial charge in [-0.1, -0.05) is 11.3 Å². The number of carbonyl (C=O) groups excluding carboxylic acids is 1. The fraction of sp³-hybridized carbons (Fsp3) is 0.833. The molecular formula is C24H37F3N2O3S. The Morgan fingerprint density at radius 1 is 1.18 bits per heavy atom. The summed E-state index contributed by atoms with van der Waals surface area (Å²) in [6.45, 7) is 8.00. The number of alkyl halides is 3. The molecule has 0 N–H and O–H groups in total. The molecule has 1 aromatic heterocycles. The number of esters is 1. The number of hydrogen-bond donors (Lipinski definition) is 0. The molecule has 0 amide bonds. The fourth-order valence-corrected chi connectivity index (χ4v) is 5.43. The van der Waals surface area contributed by atoms with E-state index in [0.717, 1.165) is 56.3 Å². The van der Waals surface area contributed by atoms with Gasteiger partial charge in [0.2, 0.25) is 0 Å². The van der Waals surface area contributed by atoms with Gasteiger partial charge in [-0.2, -0.15) is 0 Å². The number of nitrogens with zero attached hydrogens (tertiary/aromatic N) is 2. The van der Waals surface area contributed by atoms with Crippen LogP contribution in [0.1, 0.15) is 76.8 Å². The molecule has 188 valence electrons. The van der Waals surface area contributed by atoms with Crippen molar-refractivity contribution in [2.75, 3.05) is 26.2 Å². The van der Waals surface area contributed by atoms with E-state index in [-0.39, 0.29) is 11.9 Å². The molecular weight excluding hydrogens is 453 g/mol. The Bertz CT molecular complexity index is 770. The molecule has 0 unspecified atom stereocenters. The van der Waals surface area contributed by atoms with Crippen LogP contribution in [0.4, 0.5) is 13.2 Å². The van der Waals surface area contributed by atoms with Crippen LogP contribution in [0, 0.1) is 5.92 Å². The predicted molar refractivity (Wildman–Crippen MR) is 123 cm³/mol. The third-order valence-electron chi connectivity index (χ3n) is 6.28. The van der Waals surface area contributed by atoms with E-state index in [9.17, 15) is 13.6 Å². The molecule has 2 aliphatic rings. The molecule has 0 saturated heterocycles. The first-order valence-electron chi connectivity index (χ1n) is 11.9. The van der Waals surface area contributed by atoms with Gasteiger partial charge < -0.3 is 14.4 Å². The van der Waals surface area contributed by atoms with E-state index < -0.39 is 23.8 Å². The zero-order chi connectivity index (χ0) is 24.3. The summed E-state index contributed by atoms with van der Waals surface area (Å²) in [5.41, 5.74) is -0.749. The van der Waals surface area contributed by atoms with Crippen molar-refractivity contribution in [3.8, 4) is 5.19 Å². The van der Waals surface area contributed by atoms with Crippen molar-refractivity contribution in [1.82, 2.24) is 9.88 Å². The van der Waals surface area contributed by atoms with E-state index >= 15 is 4.39 Å². The molecule has 0 spiro atoms. The lowest BCUT2D eigenvalue weighted by molar-refractivity contribution is -0.156. The number of ether oxygens (including phenoxy) is 2. The lowest BCUT2D eigenvalue weighted by atomic mass is 9.77. The number of thiazole rings is 1. The molecule has 5 nitrogen and oxygen atoms in total. The average Bonchev–Trinajstić information content (AvgIpc) is 2.98. The highest BCUT2D eigenvalue weighted by Crippen LogP contribution is 2.39. The zero-order valence-electron chi connectivity index (χ0n) is 20.2. The molecule has 0 bridgehead atoms. The summed E-state index contributed by atoms with van der Waals surface area (Å²) in [5.74, 6) is -2.87. The van der Waals surface area contributed by atoms with Gasteiger partial charge in [0.25, 0.3) is 11.1 Å². The van der Waals surface area contributed by atoms with Crippen LogP contribution >= 0.6 is 11.3 Å². The van der Waals surface area contributed by atoms with Crippen LogP contribution in [0.25, 0.3) is 0 Å². The van der Waals surface area contributed by atoms with Crippen molar-refractivity contribution >= 4 is 17.3 Å². The first-order chi connectivity index (χ1) is 15.3. The van der Waals surface area contributed by atoms with Gasteiger partial charge in [0.15, 0.2) is 6.61 Å². The van der Waals surface area contributed by atoms with Crippen molar-refractivity contribution in [3.63, 3.8) is 0 Å². The lowest BCUT2D eigenvalue weighted by Gasteiger charge is -2.35. The largest absolute Gasteiger partial charge is 0.464 e. The number of aromatic nitrogens is 1. The quantitative estimate of drug-likeness (QED) is 0.444. The van der Waals surface area contributed by atoms with Crippen molar-refractivity contribution in [2.45, 2.75) is 96.3 Å². The van der Waals surface area contributed by atoms with E-state index in [1.165, 1.54) is 11.3 Å². The fourth-order valence-electron chi connectivity index (χ4n) is 4.49. The van der Waals surface area contributed by atoms with Crippen LogP contribution < -0.4 is 4.74 Å². The average molecular weight is 491 g/mol. The maximum Gasteiger partial charge on any atom is 0.306 e. The van der Waals surface area contributed by atoms with Gasteiger partial charge in [-0.05, 0) is 65.2 Å². The minimum Gasteiger partial charge on any atom is -0.464 e. The van der Waals surface area contributed by atoms with Crippen LogP contribution in [0.5, 0.6) is 5.19 Å². The van der Waals surface area contributed by atoms with Crippen LogP contribution in [0.15, 0.2) is 0 Å². The van der Waals surface area contributed by atoms with E-state index in [0.29, 0.717) is 37.4 Å². The van der Waals surface area contributed by atoms with Gasteiger partial charge in [0.05, 0.1) is 5.69 Å². The number of carbonyl (C=O) groups is 1. The van der Waals surface area contributed by atoms with Gasteiger partial charge in [0.1, 0.15) is 11.3 Å². The van der Waals surface area contributed by atoms with Crippen LogP contribution in [-0.2, 0) is 22.4 Å². The minimum atomic E-state index is -2.88. The van der Waals surface area contributed by atoms with Crippen LogP contribution in [0.3, 0.4) is 0 Å². The van der Waals surface area contributed by atoms with Gasteiger partial charge in [0, 0.05) is 44.3 Å². The summed E-state index contributed by atoms with van der Waals surface area (Å²) in [7, 11) is 0. The molecule has 2 heterocycles. The second kappa shape index (κ2) is 10.5. The summed E-state index contributed by atoms with van der Waals surface area (Å²) in [6.07, 6.45) is 4.78. The standard InChI is InChI=1S/C24H37F3N2O3S/c1-22(2,3)32-20(30)15-17-5-9-24(27,10-6-17)11-14-29-12-7-18-19(8-13-29)33-21(28-18)31-16-23(4,25)26/h17H,5-16H2,1-4H3. The summed E-state index contributed by atoms with van der Waals surface area (Å²) in [5, 5.41) is 0.306. The smallest absolute Gasteiger partial charge is 0.306 e. The van der Waals surface area contributed by atoms with Crippen molar-refractivity contribution < 1.29 is 27.4 Å². The van der Waals surface area contributed by atoms with Crippen molar-refractivity contribution in [3.05, 3.63) is 10.6 Å². The molecule has 1 aromatic rings. The van der Waals surface area contributed by atoms with E-state index in [1.54, 1.807) is 0 Å². The molecule has 0 radical (unpaired) electrons. The maximum atomic E-state index is 15.4. The first kappa shape index (κ1) is 26.3. The van der Waals surface area contributed by atoms with E-state index in [1.807, 2.05) is 20.8 Å². The third-order valence-corrected chi connectivity index (χ3v) is 7.35. The highest BCUT2D eigenvalue weighted by atomic mass is 32.1. The second-order valence-electron chi connectivity index (χ2n) is 10.7. The topological polar surface area (TPSA) is 51.7 Å². The monoisotopic (exact) mass is 490 g/mol. The molecule has 3 rings (SSSR count). The molecule has 33 heavy (non-hydrogen) atoms. The molecule has 9 heteroatoms. The predicted octanol–water partition coefficient (Wildman–Crippen LogP) is 5.60. The van der Waals surface area contributed by atoms with Gasteiger partial charge in [-0.15, -0.1) is 0 Å². The zero-order valence-corrected chi connectivity index (χ0v) is 21.0. The van der Waals surface area contributed by atoms with Crippen LogP contribution in [0.2, 0.25) is 0 Å². The van der Waals surface area contributed by atoms with Crippen molar-refractivity contribution in [1.29, 1.82) is 0 Å². The Kier molecular flexibility index (Phi) is 8.36. The molecule has 1 fully saturated rings. The molecule has 0 aromatic carbocycles. The number of halogens is 3. The third kappa shape index (κ3) is 8.74. The number of fused-ring (bicyclic) bond motifs is 1. The number of rotatable bonds is 8. The van der Waals surface area contributed by atoms with E-state index in [4.69, 9.17) is 9.47 Å². The summed E-state index contributed by atoms with van der Waals surface area (Å²) >= 11 is 1.34. The van der Waals surface area contributed by atoms with Gasteiger partial charge in [-0.25, -0.2) is 18.2 Å². The SMILES string of the molecule is CC(F)(F)COc1nc2c(s1)CCN(CCC1(F)CCC(CC(=O)OC(C)(C)C)CC1)CC2. The number of hydrogen-bond acceptors (Lipinski definition) is 6. The maximum absolute atomic E-state index is 15.4. The highest BCUT2D eigenvalue weighted by molar-refractivity contribution is 7.13. The minimum absolute atomic E-state index is 0.193. The van der Waals surface area contributed by atoms with Crippen molar-refractivity contribution in [2.24, 2.45) is 5.92 Å². The Hall–Kier alpha value is -1.35. The highest BCUT2D eigenvalue weighted by Gasteiger charge is 2.36. The lowest BCUT2D eigenvalue weighted by Crippen LogP contribution is -2.37. The Morgan fingerprint density at radius 3 is 2.48 bits per heavy atom. The Morgan fingerprint density at radius 2 is 1.85 bits per heavy atom. The molecule has 1 aliphatic carbocycles. The first-order valence-corrected chi connectivity index (χ1v) is 12.7. The van der Waals surface area contributed by atoms with Gasteiger partial charge >= 0.3 is 5.97 Å². The van der Waals surface area contributed by atoms with Gasteiger partial charge in [-0.3, -0.25) is 4.79 Å². The molecule has 1 saturated carbocycles. The van der Waals surface area contributed by atoms with Crippen LogP contribution in [-0.4, -0.2) is 59.3 Å². The summed E-state index contributed by atoms with van der Waals surface area (Å²) < 4.78 is 52.0. The van der Waals surface area contributed by atoms with E-state index in [2.05, 4.69) is 9.88 Å².